The van der Waals surface area contributed by atoms with Crippen molar-refractivity contribution in [2.45, 2.75) is 19.9 Å². The SMILES string of the molecule is CCNC(=NCc1ccc(NC(=O)OC)cc1)NCCN(C)CCCOC. The Bertz CT molecular complexity index is 563. The highest BCUT2D eigenvalue weighted by atomic mass is 16.5. The highest BCUT2D eigenvalue weighted by Crippen LogP contribution is 2.10. The molecule has 1 amide bonds. The average molecular weight is 380 g/mol. The van der Waals surface area contributed by atoms with Crippen LogP contribution in [0.25, 0.3) is 0 Å². The Kier molecular flexibility index (Phi) is 11.6. The summed E-state index contributed by atoms with van der Waals surface area (Å²) in [6.07, 6.45) is 0.550. The van der Waals surface area contributed by atoms with Gasteiger partial charge < -0.3 is 25.0 Å². The first-order valence-corrected chi connectivity index (χ1v) is 9.22. The van der Waals surface area contributed by atoms with Gasteiger partial charge >= 0.3 is 6.09 Å². The van der Waals surface area contributed by atoms with E-state index in [0.29, 0.717) is 12.2 Å². The zero-order valence-electron chi connectivity index (χ0n) is 16.9. The van der Waals surface area contributed by atoms with E-state index in [0.717, 1.165) is 50.7 Å². The fourth-order valence-corrected chi connectivity index (χ4v) is 2.33. The van der Waals surface area contributed by atoms with Gasteiger partial charge in [0.2, 0.25) is 0 Å². The van der Waals surface area contributed by atoms with Gasteiger partial charge in [-0.2, -0.15) is 0 Å². The lowest BCUT2D eigenvalue weighted by atomic mass is 10.2. The summed E-state index contributed by atoms with van der Waals surface area (Å²) in [5.74, 6) is 0.791. The second-order valence-electron chi connectivity index (χ2n) is 6.09. The maximum absolute atomic E-state index is 11.2. The number of anilines is 1. The summed E-state index contributed by atoms with van der Waals surface area (Å²) in [5, 5.41) is 9.23. The van der Waals surface area contributed by atoms with Crippen LogP contribution in [0.4, 0.5) is 10.5 Å². The van der Waals surface area contributed by atoms with Gasteiger partial charge in [-0.1, -0.05) is 12.1 Å². The van der Waals surface area contributed by atoms with Crippen LogP contribution in [-0.2, 0) is 16.0 Å². The van der Waals surface area contributed by atoms with Crippen molar-refractivity contribution in [2.75, 3.05) is 59.4 Å². The topological polar surface area (TPSA) is 87.2 Å². The number of guanidine groups is 1. The summed E-state index contributed by atoms with van der Waals surface area (Å²) in [7, 11) is 5.17. The molecule has 0 radical (unpaired) electrons. The van der Waals surface area contributed by atoms with E-state index in [1.807, 2.05) is 31.2 Å². The summed E-state index contributed by atoms with van der Waals surface area (Å²) in [5.41, 5.74) is 1.75. The van der Waals surface area contributed by atoms with Crippen LogP contribution in [0, 0.1) is 0 Å². The van der Waals surface area contributed by atoms with Crippen molar-refractivity contribution in [2.24, 2.45) is 4.99 Å². The first-order valence-electron chi connectivity index (χ1n) is 9.22. The zero-order chi connectivity index (χ0) is 19.9. The van der Waals surface area contributed by atoms with Gasteiger partial charge in [-0.15, -0.1) is 0 Å². The number of rotatable bonds is 11. The van der Waals surface area contributed by atoms with Gasteiger partial charge in [0.1, 0.15) is 0 Å². The van der Waals surface area contributed by atoms with Gasteiger partial charge in [0.25, 0.3) is 0 Å². The van der Waals surface area contributed by atoms with Crippen LogP contribution >= 0.6 is 0 Å². The molecule has 0 bridgehead atoms. The lowest BCUT2D eigenvalue weighted by molar-refractivity contribution is 0.180. The third-order valence-electron chi connectivity index (χ3n) is 3.82. The smallest absolute Gasteiger partial charge is 0.411 e. The number of carbonyl (C=O) groups excluding carboxylic acids is 1. The van der Waals surface area contributed by atoms with Crippen molar-refractivity contribution in [3.05, 3.63) is 29.8 Å². The van der Waals surface area contributed by atoms with Gasteiger partial charge in [-0.05, 0) is 38.1 Å². The quantitative estimate of drug-likeness (QED) is 0.309. The minimum atomic E-state index is -0.480. The van der Waals surface area contributed by atoms with Crippen LogP contribution < -0.4 is 16.0 Å². The first-order chi connectivity index (χ1) is 13.1. The molecule has 0 spiro atoms. The van der Waals surface area contributed by atoms with Crippen LogP contribution in [0.5, 0.6) is 0 Å². The summed E-state index contributed by atoms with van der Waals surface area (Å²) in [6, 6.07) is 7.53. The number of nitrogens with zero attached hydrogens (tertiary/aromatic N) is 2. The maximum atomic E-state index is 11.2. The molecule has 0 aliphatic carbocycles. The Hall–Kier alpha value is -2.32. The lowest BCUT2D eigenvalue weighted by Crippen LogP contribution is -2.41. The molecule has 0 heterocycles. The standard InChI is InChI=1S/C19H33N5O3/c1-5-20-18(21-11-13-24(2)12-6-14-26-3)22-15-16-7-9-17(10-8-16)23-19(25)27-4/h7-10H,5-6,11-15H2,1-4H3,(H,23,25)(H2,20,21,22). The van der Waals surface area contributed by atoms with E-state index in [1.165, 1.54) is 7.11 Å². The molecule has 0 fully saturated rings. The molecule has 1 rings (SSSR count). The monoisotopic (exact) mass is 379 g/mol. The molecule has 152 valence electrons. The number of ether oxygens (including phenoxy) is 2. The molecule has 8 nitrogen and oxygen atoms in total. The third-order valence-corrected chi connectivity index (χ3v) is 3.82. The number of likely N-dealkylation sites (N-methyl/N-ethyl adjacent to an activating group) is 1. The van der Waals surface area contributed by atoms with Crippen LogP contribution in [0.15, 0.2) is 29.3 Å². The van der Waals surface area contributed by atoms with Gasteiger partial charge in [-0.3, -0.25) is 5.32 Å². The number of benzene rings is 1. The summed E-state index contributed by atoms with van der Waals surface area (Å²) in [6.45, 7) is 6.95. The van der Waals surface area contributed by atoms with Gasteiger partial charge in [0, 0.05) is 45.6 Å². The van der Waals surface area contributed by atoms with E-state index >= 15 is 0 Å². The van der Waals surface area contributed by atoms with Crippen molar-refractivity contribution in [1.29, 1.82) is 0 Å². The molecule has 1 aromatic carbocycles. The summed E-state index contributed by atoms with van der Waals surface area (Å²) in [4.78, 5) is 18.1. The molecule has 27 heavy (non-hydrogen) atoms. The van der Waals surface area contributed by atoms with Gasteiger partial charge in [0.05, 0.1) is 13.7 Å². The maximum Gasteiger partial charge on any atom is 0.411 e. The Morgan fingerprint density at radius 1 is 1.15 bits per heavy atom. The second-order valence-corrected chi connectivity index (χ2v) is 6.09. The zero-order valence-corrected chi connectivity index (χ0v) is 16.9. The van der Waals surface area contributed by atoms with Crippen LogP contribution in [0.2, 0.25) is 0 Å². The number of aliphatic imine (C=N–C) groups is 1. The van der Waals surface area contributed by atoms with Crippen molar-refractivity contribution in [3.8, 4) is 0 Å². The molecule has 1 aromatic rings. The molecule has 0 saturated heterocycles. The molecule has 0 aliphatic heterocycles. The number of methoxy groups -OCH3 is 2. The number of hydrogen-bond acceptors (Lipinski definition) is 5. The Morgan fingerprint density at radius 2 is 1.89 bits per heavy atom. The summed E-state index contributed by atoms with van der Waals surface area (Å²) >= 11 is 0. The fraction of sp³-hybridized carbons (Fsp3) is 0.579. The van der Waals surface area contributed by atoms with Gasteiger partial charge in [0.15, 0.2) is 5.96 Å². The Balaban J connectivity index is 2.45. The van der Waals surface area contributed by atoms with E-state index < -0.39 is 6.09 Å². The molecular formula is C19H33N5O3. The molecule has 8 heteroatoms. The van der Waals surface area contributed by atoms with Crippen molar-refractivity contribution < 1.29 is 14.3 Å². The first kappa shape index (κ1) is 22.7. The number of carbonyl (C=O) groups is 1. The molecule has 0 aromatic heterocycles. The number of amides is 1. The van der Waals surface area contributed by atoms with Crippen molar-refractivity contribution in [1.82, 2.24) is 15.5 Å². The third kappa shape index (κ3) is 10.4. The predicted molar refractivity (Wildman–Crippen MR) is 109 cm³/mol. The summed E-state index contributed by atoms with van der Waals surface area (Å²) < 4.78 is 9.65. The van der Waals surface area contributed by atoms with Crippen LogP contribution in [0.1, 0.15) is 18.9 Å². The van der Waals surface area contributed by atoms with E-state index in [2.05, 4.69) is 37.6 Å². The molecule has 0 unspecified atom stereocenters. The normalized spacial score (nSPS) is 11.4. The fourth-order valence-electron chi connectivity index (χ4n) is 2.33. The molecule has 0 atom stereocenters. The van der Waals surface area contributed by atoms with Gasteiger partial charge in [-0.25, -0.2) is 9.79 Å². The molecule has 0 saturated carbocycles. The van der Waals surface area contributed by atoms with Crippen LogP contribution in [0.3, 0.4) is 0 Å². The number of hydrogen-bond donors (Lipinski definition) is 3. The molecular weight excluding hydrogens is 346 g/mol. The minimum absolute atomic E-state index is 0.480. The predicted octanol–water partition coefficient (Wildman–Crippen LogP) is 1.89. The minimum Gasteiger partial charge on any atom is -0.453 e. The van der Waals surface area contributed by atoms with Crippen LogP contribution in [-0.4, -0.2) is 71.0 Å². The highest BCUT2D eigenvalue weighted by molar-refractivity contribution is 5.84. The Morgan fingerprint density at radius 3 is 2.52 bits per heavy atom. The molecule has 3 N–H and O–H groups in total. The second kappa shape index (κ2) is 13.8. The van der Waals surface area contributed by atoms with E-state index in [4.69, 9.17) is 4.74 Å². The largest absolute Gasteiger partial charge is 0.453 e. The number of nitrogens with one attached hydrogen (secondary N) is 3. The van der Waals surface area contributed by atoms with Crippen molar-refractivity contribution >= 4 is 17.7 Å². The average Bonchev–Trinajstić information content (AvgIpc) is 2.67. The van der Waals surface area contributed by atoms with E-state index in [1.54, 1.807) is 7.11 Å². The van der Waals surface area contributed by atoms with Crippen molar-refractivity contribution in [3.63, 3.8) is 0 Å². The van der Waals surface area contributed by atoms with E-state index in [9.17, 15) is 4.79 Å². The Labute approximate surface area is 162 Å². The highest BCUT2D eigenvalue weighted by Gasteiger charge is 2.02. The van der Waals surface area contributed by atoms with E-state index in [-0.39, 0.29) is 0 Å². The molecule has 0 aliphatic rings. The lowest BCUT2D eigenvalue weighted by Gasteiger charge is -2.18.